The van der Waals surface area contributed by atoms with E-state index >= 15 is 0 Å². The lowest BCUT2D eigenvalue weighted by atomic mass is 10.1. The third-order valence-corrected chi connectivity index (χ3v) is 6.32. The Morgan fingerprint density at radius 3 is 2.68 bits per heavy atom. The van der Waals surface area contributed by atoms with Crippen molar-refractivity contribution < 1.29 is 13.2 Å². The van der Waals surface area contributed by atoms with E-state index in [0.717, 1.165) is 11.3 Å². The van der Waals surface area contributed by atoms with Crippen molar-refractivity contribution in [3.05, 3.63) is 30.1 Å². The van der Waals surface area contributed by atoms with Crippen molar-refractivity contribution in [2.24, 2.45) is 0 Å². The SMILES string of the molecule is CCCS(=O)(=O)NC1CCN(C(=O)Nc2cc(-n3cnnn3)ccc2C)CC1. The van der Waals surface area contributed by atoms with E-state index in [-0.39, 0.29) is 17.8 Å². The molecule has 2 N–H and O–H groups in total. The zero-order valence-corrected chi connectivity index (χ0v) is 16.8. The first-order valence-electron chi connectivity index (χ1n) is 9.28. The Bertz CT molecular complexity index is 907. The summed E-state index contributed by atoms with van der Waals surface area (Å²) in [5.41, 5.74) is 2.35. The number of anilines is 1. The summed E-state index contributed by atoms with van der Waals surface area (Å²) in [4.78, 5) is 14.3. The van der Waals surface area contributed by atoms with E-state index in [1.54, 1.807) is 4.90 Å². The molecule has 28 heavy (non-hydrogen) atoms. The van der Waals surface area contributed by atoms with E-state index in [2.05, 4.69) is 25.6 Å². The summed E-state index contributed by atoms with van der Waals surface area (Å²) >= 11 is 0. The minimum absolute atomic E-state index is 0.120. The first-order chi connectivity index (χ1) is 13.4. The molecule has 0 spiro atoms. The minimum atomic E-state index is -3.24. The fourth-order valence-corrected chi connectivity index (χ4v) is 4.54. The fourth-order valence-electron chi connectivity index (χ4n) is 3.14. The quantitative estimate of drug-likeness (QED) is 0.744. The lowest BCUT2D eigenvalue weighted by Gasteiger charge is -2.32. The largest absolute Gasteiger partial charge is 0.324 e. The van der Waals surface area contributed by atoms with Crippen LogP contribution in [0.25, 0.3) is 5.69 Å². The van der Waals surface area contributed by atoms with Crippen molar-refractivity contribution in [2.75, 3.05) is 24.2 Å². The van der Waals surface area contributed by atoms with Crippen LogP contribution in [-0.2, 0) is 10.0 Å². The zero-order valence-electron chi connectivity index (χ0n) is 16.0. The van der Waals surface area contributed by atoms with Gasteiger partial charge in [-0.05, 0) is 54.3 Å². The van der Waals surface area contributed by atoms with Gasteiger partial charge in [-0.3, -0.25) is 0 Å². The van der Waals surface area contributed by atoms with E-state index < -0.39 is 10.0 Å². The molecule has 0 saturated carbocycles. The van der Waals surface area contributed by atoms with Gasteiger partial charge in [0.2, 0.25) is 10.0 Å². The number of likely N-dealkylation sites (tertiary alicyclic amines) is 1. The van der Waals surface area contributed by atoms with Gasteiger partial charge in [0, 0.05) is 24.8 Å². The number of amides is 2. The number of benzene rings is 1. The van der Waals surface area contributed by atoms with Crippen molar-refractivity contribution in [1.29, 1.82) is 0 Å². The molecule has 1 saturated heterocycles. The van der Waals surface area contributed by atoms with Crippen molar-refractivity contribution in [1.82, 2.24) is 29.8 Å². The fraction of sp³-hybridized carbons (Fsp3) is 0.529. The standard InChI is InChI=1S/C17H25N7O3S/c1-3-10-28(26,27)20-14-6-8-23(9-7-14)17(25)19-16-11-15(5-4-13(16)2)24-12-18-21-22-24/h4-5,11-12,14,20H,3,6-10H2,1-2H3,(H,19,25). The summed E-state index contributed by atoms with van der Waals surface area (Å²) in [6.45, 7) is 4.74. The number of nitrogens with zero attached hydrogens (tertiary/aromatic N) is 5. The highest BCUT2D eigenvalue weighted by molar-refractivity contribution is 7.89. The van der Waals surface area contributed by atoms with Crippen LogP contribution in [-0.4, -0.2) is 64.4 Å². The molecule has 11 heteroatoms. The van der Waals surface area contributed by atoms with Gasteiger partial charge in [0.1, 0.15) is 6.33 Å². The van der Waals surface area contributed by atoms with Crippen LogP contribution in [0.4, 0.5) is 10.5 Å². The average molecular weight is 408 g/mol. The molecule has 1 aromatic heterocycles. The maximum Gasteiger partial charge on any atom is 0.321 e. The molecule has 1 aromatic carbocycles. The average Bonchev–Trinajstić information content (AvgIpc) is 3.18. The highest BCUT2D eigenvalue weighted by Gasteiger charge is 2.25. The first kappa shape index (κ1) is 20.2. The van der Waals surface area contributed by atoms with Gasteiger partial charge in [0.25, 0.3) is 0 Å². The number of urea groups is 1. The van der Waals surface area contributed by atoms with Crippen molar-refractivity contribution in [2.45, 2.75) is 39.2 Å². The second-order valence-electron chi connectivity index (χ2n) is 6.88. The number of rotatable bonds is 6. The molecule has 1 fully saturated rings. The highest BCUT2D eigenvalue weighted by Crippen LogP contribution is 2.20. The Balaban J connectivity index is 1.58. The molecule has 0 radical (unpaired) electrons. The maximum atomic E-state index is 12.6. The minimum Gasteiger partial charge on any atom is -0.324 e. The lowest BCUT2D eigenvalue weighted by Crippen LogP contribution is -2.48. The number of aryl methyl sites for hydroxylation is 1. The maximum absolute atomic E-state index is 12.6. The van der Waals surface area contributed by atoms with Crippen LogP contribution >= 0.6 is 0 Å². The van der Waals surface area contributed by atoms with Crippen molar-refractivity contribution in [3.63, 3.8) is 0 Å². The van der Waals surface area contributed by atoms with Crippen LogP contribution in [0.2, 0.25) is 0 Å². The molecule has 152 valence electrons. The third-order valence-electron chi connectivity index (χ3n) is 4.68. The van der Waals surface area contributed by atoms with Gasteiger partial charge in [-0.1, -0.05) is 13.0 Å². The normalized spacial score (nSPS) is 15.6. The van der Waals surface area contributed by atoms with Crippen LogP contribution in [0.5, 0.6) is 0 Å². The number of hydrogen-bond donors (Lipinski definition) is 2. The molecule has 2 heterocycles. The van der Waals surface area contributed by atoms with Crippen LogP contribution in [0, 0.1) is 6.92 Å². The molecule has 0 atom stereocenters. The number of piperidine rings is 1. The van der Waals surface area contributed by atoms with Crippen LogP contribution < -0.4 is 10.0 Å². The van der Waals surface area contributed by atoms with E-state index in [0.29, 0.717) is 38.0 Å². The summed E-state index contributed by atoms with van der Waals surface area (Å²) in [6.07, 6.45) is 3.26. The van der Waals surface area contributed by atoms with Crippen molar-refractivity contribution >= 4 is 21.7 Å². The lowest BCUT2D eigenvalue weighted by molar-refractivity contribution is 0.193. The molecular formula is C17H25N7O3S. The smallest absolute Gasteiger partial charge is 0.321 e. The number of hydrogen-bond acceptors (Lipinski definition) is 6. The van der Waals surface area contributed by atoms with Crippen LogP contribution in [0.15, 0.2) is 24.5 Å². The predicted molar refractivity (Wildman–Crippen MR) is 105 cm³/mol. The number of sulfonamides is 1. The van der Waals surface area contributed by atoms with Gasteiger partial charge in [-0.15, -0.1) is 5.10 Å². The van der Waals surface area contributed by atoms with Gasteiger partial charge in [-0.2, -0.15) is 0 Å². The van der Waals surface area contributed by atoms with E-state index in [4.69, 9.17) is 0 Å². The molecule has 3 rings (SSSR count). The topological polar surface area (TPSA) is 122 Å². The molecule has 0 bridgehead atoms. The Morgan fingerprint density at radius 2 is 2.04 bits per heavy atom. The van der Waals surface area contributed by atoms with Crippen LogP contribution in [0.3, 0.4) is 0 Å². The summed E-state index contributed by atoms with van der Waals surface area (Å²) in [5.74, 6) is 0.130. The molecule has 0 unspecified atom stereocenters. The monoisotopic (exact) mass is 407 g/mol. The molecule has 2 aromatic rings. The molecule has 0 aliphatic carbocycles. The Kier molecular flexibility index (Phi) is 6.25. The Labute approximate surface area is 164 Å². The van der Waals surface area contributed by atoms with Gasteiger partial charge in [-0.25, -0.2) is 22.6 Å². The number of carbonyl (C=O) groups excluding carboxylic acids is 1. The number of carbonyl (C=O) groups is 1. The summed E-state index contributed by atoms with van der Waals surface area (Å²) in [7, 11) is -3.24. The molecule has 10 nitrogen and oxygen atoms in total. The van der Waals surface area contributed by atoms with Crippen molar-refractivity contribution in [3.8, 4) is 5.69 Å². The number of nitrogens with one attached hydrogen (secondary N) is 2. The predicted octanol–water partition coefficient (Wildman–Crippen LogP) is 1.30. The number of aromatic nitrogens is 4. The summed E-state index contributed by atoms with van der Waals surface area (Å²) in [6, 6.07) is 5.25. The Morgan fingerprint density at radius 1 is 1.29 bits per heavy atom. The summed E-state index contributed by atoms with van der Waals surface area (Å²) < 4.78 is 28.1. The number of tetrazole rings is 1. The van der Waals surface area contributed by atoms with E-state index in [1.165, 1.54) is 11.0 Å². The third kappa shape index (κ3) is 5.04. The van der Waals surface area contributed by atoms with E-state index in [9.17, 15) is 13.2 Å². The summed E-state index contributed by atoms with van der Waals surface area (Å²) in [5, 5.41) is 14.0. The second-order valence-corrected chi connectivity index (χ2v) is 8.76. The molecular weight excluding hydrogens is 382 g/mol. The first-order valence-corrected chi connectivity index (χ1v) is 10.9. The molecule has 1 aliphatic rings. The van der Waals surface area contributed by atoms with Gasteiger partial charge < -0.3 is 10.2 Å². The zero-order chi connectivity index (χ0) is 20.1. The highest BCUT2D eigenvalue weighted by atomic mass is 32.2. The second kappa shape index (κ2) is 8.65. The van der Waals surface area contributed by atoms with Crippen LogP contribution in [0.1, 0.15) is 31.7 Å². The molecule has 1 aliphatic heterocycles. The van der Waals surface area contributed by atoms with Gasteiger partial charge in [0.15, 0.2) is 0 Å². The van der Waals surface area contributed by atoms with Gasteiger partial charge >= 0.3 is 6.03 Å². The molecule has 2 amide bonds. The van der Waals surface area contributed by atoms with Gasteiger partial charge in [0.05, 0.1) is 11.4 Å². The van der Waals surface area contributed by atoms with E-state index in [1.807, 2.05) is 32.0 Å². The Hall–Kier alpha value is -2.53.